The van der Waals surface area contributed by atoms with Gasteiger partial charge in [-0.25, -0.2) is 5.48 Å². The molecule has 0 heterocycles. The summed E-state index contributed by atoms with van der Waals surface area (Å²) < 4.78 is 10.6. The Kier molecular flexibility index (Phi) is 50.5. The Bertz CT molecular complexity index is 831. The Morgan fingerprint density at radius 2 is 1.00 bits per heavy atom. The number of unbranched alkanes of at least 4 members (excludes halogenated alkanes) is 24. The molecule has 0 amide bonds. The molecule has 0 aromatic heterocycles. The lowest BCUT2D eigenvalue weighted by molar-refractivity contribution is -0.144. The second-order valence-corrected chi connectivity index (χ2v) is 16.2. The van der Waals surface area contributed by atoms with Crippen molar-refractivity contribution in [2.45, 2.75) is 246 Å². The van der Waals surface area contributed by atoms with E-state index in [2.05, 4.69) is 48.4 Å². The normalized spacial score (nSPS) is 11.9. The van der Waals surface area contributed by atoms with Crippen LogP contribution in [0.5, 0.6) is 0 Å². The van der Waals surface area contributed by atoms with Crippen LogP contribution in [0.4, 0.5) is 0 Å². The molecule has 0 spiro atoms. The summed E-state index contributed by atoms with van der Waals surface area (Å²) in [4.78, 5) is 34.2. The third kappa shape index (κ3) is 46.7. The number of nitrogens with zero attached hydrogens (tertiary/aromatic N) is 2. The van der Waals surface area contributed by atoms with E-state index in [1.54, 1.807) is 14.2 Å². The van der Waals surface area contributed by atoms with Gasteiger partial charge in [-0.1, -0.05) is 175 Å². The first kappa shape index (κ1) is 57.2. The first-order valence-corrected chi connectivity index (χ1v) is 24.5. The van der Waals surface area contributed by atoms with E-state index in [4.69, 9.17) is 14.3 Å². The summed E-state index contributed by atoms with van der Waals surface area (Å²) in [6, 6.07) is 0. The van der Waals surface area contributed by atoms with Crippen LogP contribution in [0.1, 0.15) is 240 Å². The average molecular weight is 811 g/mol. The highest BCUT2D eigenvalue weighted by atomic mass is 16.6. The molecule has 0 rings (SSSR count). The lowest BCUT2D eigenvalue weighted by Gasteiger charge is -2.22. The number of nitrogens with one attached hydrogen (secondary N) is 2. The van der Waals surface area contributed by atoms with Gasteiger partial charge in [-0.3, -0.25) is 19.4 Å². The van der Waals surface area contributed by atoms with E-state index in [0.717, 1.165) is 51.6 Å². The van der Waals surface area contributed by atoms with Gasteiger partial charge in [0.1, 0.15) is 6.10 Å². The van der Waals surface area contributed by atoms with Gasteiger partial charge in [-0.2, -0.15) is 0 Å². The van der Waals surface area contributed by atoms with Gasteiger partial charge in [-0.15, -0.1) is 0 Å². The molecule has 0 fully saturated rings. The van der Waals surface area contributed by atoms with Crippen molar-refractivity contribution in [1.29, 1.82) is 0 Å². The first-order valence-electron chi connectivity index (χ1n) is 24.5. The van der Waals surface area contributed by atoms with Gasteiger partial charge in [0, 0.05) is 20.0 Å². The summed E-state index contributed by atoms with van der Waals surface area (Å²) in [5.41, 5.74) is 2.76. The van der Waals surface area contributed by atoms with Gasteiger partial charge in [0.05, 0.1) is 13.7 Å². The van der Waals surface area contributed by atoms with Crippen LogP contribution in [0.2, 0.25) is 0 Å². The van der Waals surface area contributed by atoms with Crippen LogP contribution in [0, 0.1) is 0 Å². The van der Waals surface area contributed by atoms with E-state index >= 15 is 0 Å². The van der Waals surface area contributed by atoms with Crippen molar-refractivity contribution in [1.82, 2.24) is 15.7 Å². The molecule has 0 saturated carbocycles. The minimum Gasteiger partial charge on any atom is -0.466 e. The highest BCUT2D eigenvalue weighted by Crippen LogP contribution is 2.16. The van der Waals surface area contributed by atoms with Crippen LogP contribution in [-0.4, -0.2) is 76.3 Å². The van der Waals surface area contributed by atoms with E-state index < -0.39 is 0 Å². The Morgan fingerprint density at radius 3 is 1.46 bits per heavy atom. The molecule has 1 unspecified atom stereocenters. The summed E-state index contributed by atoms with van der Waals surface area (Å²) in [7, 11) is 3.35. The molecule has 9 heteroatoms. The molecule has 9 nitrogen and oxygen atoms in total. The third-order valence-corrected chi connectivity index (χ3v) is 10.8. The summed E-state index contributed by atoms with van der Waals surface area (Å²) in [5, 5.41) is 3.29. The molecule has 0 aliphatic carbocycles. The van der Waals surface area contributed by atoms with E-state index in [9.17, 15) is 9.59 Å². The molecule has 0 aromatic rings. The highest BCUT2D eigenvalue weighted by molar-refractivity contribution is 5.78. The zero-order valence-corrected chi connectivity index (χ0v) is 39.0. The van der Waals surface area contributed by atoms with E-state index in [1.807, 2.05) is 0 Å². The number of aliphatic imine (C=N–C) groups is 1. The van der Waals surface area contributed by atoms with Crippen molar-refractivity contribution in [2.24, 2.45) is 4.99 Å². The third-order valence-electron chi connectivity index (χ3n) is 10.8. The molecule has 340 valence electrons. The summed E-state index contributed by atoms with van der Waals surface area (Å²) >= 11 is 0. The fourth-order valence-corrected chi connectivity index (χ4v) is 7.16. The highest BCUT2D eigenvalue weighted by Gasteiger charge is 2.09. The molecule has 0 bridgehead atoms. The second-order valence-electron chi connectivity index (χ2n) is 16.2. The number of hydroxylamine groups is 1. The van der Waals surface area contributed by atoms with Gasteiger partial charge >= 0.3 is 5.97 Å². The van der Waals surface area contributed by atoms with Crippen LogP contribution in [0.25, 0.3) is 0 Å². The van der Waals surface area contributed by atoms with Crippen molar-refractivity contribution in [3.63, 3.8) is 0 Å². The van der Waals surface area contributed by atoms with Gasteiger partial charge in [0.15, 0.2) is 0 Å². The molecule has 57 heavy (non-hydrogen) atoms. The van der Waals surface area contributed by atoms with Crippen LogP contribution in [0.3, 0.4) is 0 Å². The summed E-state index contributed by atoms with van der Waals surface area (Å²) in [6.45, 7) is 14.6. The molecule has 2 N–H and O–H groups in total. The number of hydrogen-bond acceptors (Lipinski definition) is 7. The van der Waals surface area contributed by atoms with Crippen molar-refractivity contribution in [3.05, 3.63) is 0 Å². The average Bonchev–Trinajstić information content (AvgIpc) is 3.21. The minimum absolute atomic E-state index is 0.00770. The van der Waals surface area contributed by atoms with E-state index in [1.165, 1.54) is 180 Å². The number of ether oxygens (including phenoxy) is 2. The van der Waals surface area contributed by atoms with Crippen molar-refractivity contribution in [3.8, 4) is 0 Å². The smallest absolute Gasteiger partial charge is 0.305 e. The number of rotatable bonds is 43. The van der Waals surface area contributed by atoms with Crippen molar-refractivity contribution >= 4 is 18.4 Å². The number of hydrogen-bond donors (Lipinski definition) is 2. The Morgan fingerprint density at radius 1 is 0.579 bits per heavy atom. The standard InChI is InChI=1S/C31H64N4O3.C17H34O2/c1-5-7-9-11-13-18-22-29-38-30(36)24-19-15-14-17-21-27-35(26-20-16-12-10-8-6-2)28-23-25-33-31(32-3)34-37-4;1-3-5-7-9-11-13-15-17(19-16-18)14-12-10-8-6-4-2/h5-29H2,1-4H3,(H2,32,33,34);16-17H,3-15H2,1-2H3. The molecular weight excluding hydrogens is 713 g/mol. The van der Waals surface area contributed by atoms with Crippen LogP contribution in [-0.2, 0) is 23.9 Å². The van der Waals surface area contributed by atoms with Crippen molar-refractivity contribution < 1.29 is 23.9 Å². The van der Waals surface area contributed by atoms with Gasteiger partial charge in [0.25, 0.3) is 6.47 Å². The van der Waals surface area contributed by atoms with Crippen LogP contribution in [0.15, 0.2) is 4.99 Å². The van der Waals surface area contributed by atoms with Gasteiger partial charge in [-0.05, 0) is 77.4 Å². The zero-order chi connectivity index (χ0) is 42.1. The quantitative estimate of drug-likeness (QED) is 0.0157. The van der Waals surface area contributed by atoms with E-state index in [0.29, 0.717) is 25.5 Å². The fourth-order valence-electron chi connectivity index (χ4n) is 7.16. The van der Waals surface area contributed by atoms with Crippen molar-refractivity contribution in [2.75, 3.05) is 46.9 Å². The van der Waals surface area contributed by atoms with Gasteiger partial charge in [0.2, 0.25) is 5.96 Å². The molecule has 1 atom stereocenters. The summed E-state index contributed by atoms with van der Waals surface area (Å²) in [6.07, 6.45) is 40.8. The fraction of sp³-hybridized carbons (Fsp3) is 0.938. The number of esters is 1. The summed E-state index contributed by atoms with van der Waals surface area (Å²) in [5.74, 6) is 0.670. The Hall–Kier alpha value is -1.87. The Labute approximate surface area is 354 Å². The SMILES string of the molecule is CCCCCCCCC(CCCCCCC)OC=O.CCCCCCCCCOC(=O)CCCCCCCN(CCCCCCCC)CCCNC(=NC)NOC. The maximum absolute atomic E-state index is 11.9. The second kappa shape index (κ2) is 50.3. The monoisotopic (exact) mass is 811 g/mol. The molecule has 0 aliphatic rings. The largest absolute Gasteiger partial charge is 0.466 e. The maximum Gasteiger partial charge on any atom is 0.305 e. The molecule has 0 aliphatic heterocycles. The topological polar surface area (TPSA) is 101 Å². The van der Waals surface area contributed by atoms with Gasteiger partial charge < -0.3 is 19.7 Å². The van der Waals surface area contributed by atoms with Crippen LogP contribution >= 0.6 is 0 Å². The first-order chi connectivity index (χ1) is 28.0. The zero-order valence-electron chi connectivity index (χ0n) is 39.0. The predicted octanol–water partition coefficient (Wildman–Crippen LogP) is 13.0. The maximum atomic E-state index is 11.9. The lowest BCUT2D eigenvalue weighted by atomic mass is 10.0. The number of carbonyl (C=O) groups excluding carboxylic acids is 2. The number of guanidine groups is 1. The predicted molar refractivity (Wildman–Crippen MR) is 245 cm³/mol. The molecule has 0 saturated heterocycles. The minimum atomic E-state index is -0.00770. The van der Waals surface area contributed by atoms with Crippen LogP contribution < -0.4 is 10.8 Å². The molecule has 0 radical (unpaired) electrons. The number of carbonyl (C=O) groups is 2. The molecule has 0 aromatic carbocycles. The lowest BCUT2D eigenvalue weighted by Crippen LogP contribution is -2.38. The molecular formula is C48H98N4O5. The Balaban J connectivity index is 0. The van der Waals surface area contributed by atoms with E-state index in [-0.39, 0.29) is 12.1 Å².